The first-order valence-electron chi connectivity index (χ1n) is 8.79. The van der Waals surface area contributed by atoms with Gasteiger partial charge in [-0.2, -0.15) is 0 Å². The summed E-state index contributed by atoms with van der Waals surface area (Å²) in [5.41, 5.74) is 3.16. The van der Waals surface area contributed by atoms with Gasteiger partial charge in [-0.25, -0.2) is 0 Å². The Bertz CT molecular complexity index is 888. The second-order valence-electron chi connectivity index (χ2n) is 6.79. The minimum atomic E-state index is 0.0601. The summed E-state index contributed by atoms with van der Waals surface area (Å²) < 4.78 is 16.5. The molecule has 4 rings (SSSR count). The molecule has 2 aromatic rings. The van der Waals surface area contributed by atoms with Crippen LogP contribution in [0, 0.1) is 5.92 Å². The van der Waals surface area contributed by atoms with E-state index in [1.165, 1.54) is 0 Å². The summed E-state index contributed by atoms with van der Waals surface area (Å²) in [5, 5.41) is 4.93. The minimum absolute atomic E-state index is 0.0601. The smallest absolute Gasteiger partial charge is 0.203 e. The molecular formula is C21H21Cl2NO3. The van der Waals surface area contributed by atoms with Crippen LogP contribution in [0.5, 0.6) is 17.2 Å². The molecule has 0 saturated heterocycles. The molecule has 6 heteroatoms. The Kier molecular flexibility index (Phi) is 4.87. The van der Waals surface area contributed by atoms with E-state index in [9.17, 15) is 0 Å². The van der Waals surface area contributed by atoms with Crippen LogP contribution in [0.3, 0.4) is 0 Å². The fraction of sp³-hybridized carbons (Fsp3) is 0.333. The van der Waals surface area contributed by atoms with E-state index in [4.69, 9.17) is 37.4 Å². The van der Waals surface area contributed by atoms with E-state index in [1.807, 2.05) is 18.2 Å². The lowest BCUT2D eigenvalue weighted by Crippen LogP contribution is -2.29. The zero-order valence-electron chi connectivity index (χ0n) is 15.4. The fourth-order valence-electron chi connectivity index (χ4n) is 4.23. The van der Waals surface area contributed by atoms with E-state index >= 15 is 0 Å². The Labute approximate surface area is 169 Å². The summed E-state index contributed by atoms with van der Waals surface area (Å²) in [5.74, 6) is 2.50. The largest absolute Gasteiger partial charge is 0.493 e. The first-order chi connectivity index (χ1) is 13.1. The quantitative estimate of drug-likeness (QED) is 0.647. The maximum absolute atomic E-state index is 6.51. The van der Waals surface area contributed by atoms with E-state index in [2.05, 4.69) is 17.5 Å². The molecule has 3 atom stereocenters. The average Bonchev–Trinajstić information content (AvgIpc) is 3.16. The van der Waals surface area contributed by atoms with Crippen LogP contribution in [-0.2, 0) is 0 Å². The van der Waals surface area contributed by atoms with Crippen LogP contribution in [0.25, 0.3) is 0 Å². The van der Waals surface area contributed by atoms with Crippen molar-refractivity contribution in [1.29, 1.82) is 0 Å². The highest BCUT2D eigenvalue weighted by molar-refractivity contribution is 6.36. The van der Waals surface area contributed by atoms with Crippen molar-refractivity contribution in [3.63, 3.8) is 0 Å². The molecule has 2 aromatic carbocycles. The monoisotopic (exact) mass is 405 g/mol. The van der Waals surface area contributed by atoms with Crippen LogP contribution < -0.4 is 19.5 Å². The molecule has 2 aliphatic rings. The molecule has 0 aromatic heterocycles. The molecule has 1 heterocycles. The molecule has 1 N–H and O–H groups in total. The van der Waals surface area contributed by atoms with Gasteiger partial charge < -0.3 is 19.5 Å². The van der Waals surface area contributed by atoms with Crippen LogP contribution in [0.1, 0.15) is 29.5 Å². The van der Waals surface area contributed by atoms with Gasteiger partial charge in [0.1, 0.15) is 0 Å². The summed E-state index contributed by atoms with van der Waals surface area (Å²) in [6.45, 7) is 0. The van der Waals surface area contributed by atoms with Crippen molar-refractivity contribution >= 4 is 28.9 Å². The maximum atomic E-state index is 6.51. The predicted octanol–water partition coefficient (Wildman–Crippen LogP) is 5.85. The van der Waals surface area contributed by atoms with Gasteiger partial charge in [0.05, 0.1) is 38.1 Å². The molecule has 4 nitrogen and oxygen atoms in total. The molecule has 0 saturated carbocycles. The molecular weight excluding hydrogens is 385 g/mol. The Morgan fingerprint density at radius 1 is 0.963 bits per heavy atom. The Balaban J connectivity index is 1.83. The van der Waals surface area contributed by atoms with Crippen LogP contribution in [0.15, 0.2) is 36.4 Å². The normalized spacial score (nSPS) is 22.6. The zero-order valence-corrected chi connectivity index (χ0v) is 16.9. The second kappa shape index (κ2) is 7.17. The molecule has 0 spiro atoms. The van der Waals surface area contributed by atoms with E-state index in [0.717, 1.165) is 23.2 Å². The zero-order chi connectivity index (χ0) is 19.1. The molecule has 0 amide bonds. The van der Waals surface area contributed by atoms with Crippen molar-refractivity contribution in [3.05, 3.63) is 57.6 Å². The average molecular weight is 406 g/mol. The third kappa shape index (κ3) is 3.01. The highest BCUT2D eigenvalue weighted by Gasteiger charge is 2.39. The molecule has 1 aliphatic carbocycles. The van der Waals surface area contributed by atoms with Crippen molar-refractivity contribution in [1.82, 2.24) is 0 Å². The van der Waals surface area contributed by atoms with Gasteiger partial charge in [-0.3, -0.25) is 0 Å². The van der Waals surface area contributed by atoms with Crippen molar-refractivity contribution in [2.24, 2.45) is 5.92 Å². The fourth-order valence-corrected chi connectivity index (χ4v) is 4.80. The summed E-state index contributed by atoms with van der Waals surface area (Å²) >= 11 is 12.8. The number of rotatable bonds is 4. The third-order valence-electron chi connectivity index (χ3n) is 5.43. The number of fused-ring (bicyclic) bond motifs is 3. The van der Waals surface area contributed by atoms with Gasteiger partial charge in [-0.05, 0) is 47.7 Å². The standard InChI is InChI=1S/C21H21Cl2NO3/c1-25-17-7-11(8-18(26-2)21(17)27-3)19-14-6-4-5-13(14)15-9-12(22)10-16(23)20(15)24-19/h4-5,7-10,13-14,19,24H,6H2,1-3H3. The number of anilines is 1. The lowest BCUT2D eigenvalue weighted by molar-refractivity contribution is 0.322. The number of benzene rings is 2. The van der Waals surface area contributed by atoms with E-state index in [0.29, 0.717) is 33.2 Å². The maximum Gasteiger partial charge on any atom is 0.203 e. The Morgan fingerprint density at radius 2 is 1.67 bits per heavy atom. The van der Waals surface area contributed by atoms with Crippen LogP contribution >= 0.6 is 23.2 Å². The van der Waals surface area contributed by atoms with Crippen LogP contribution in [-0.4, -0.2) is 21.3 Å². The van der Waals surface area contributed by atoms with E-state index in [1.54, 1.807) is 27.4 Å². The van der Waals surface area contributed by atoms with Gasteiger partial charge in [-0.15, -0.1) is 0 Å². The SMILES string of the molecule is COc1cc(C2Nc3c(Cl)cc(Cl)cc3C3C=CCC32)cc(OC)c1OC. The lowest BCUT2D eigenvalue weighted by atomic mass is 9.77. The van der Waals surface area contributed by atoms with Crippen LogP contribution in [0.2, 0.25) is 10.0 Å². The molecule has 142 valence electrons. The molecule has 1 aliphatic heterocycles. The number of halogens is 2. The number of hydrogen-bond donors (Lipinski definition) is 1. The molecule has 0 bridgehead atoms. The lowest BCUT2D eigenvalue weighted by Gasteiger charge is -2.38. The highest BCUT2D eigenvalue weighted by Crippen LogP contribution is 2.53. The number of hydrogen-bond acceptors (Lipinski definition) is 4. The van der Waals surface area contributed by atoms with Crippen molar-refractivity contribution in [3.8, 4) is 17.2 Å². The Hall–Kier alpha value is -2.04. The van der Waals surface area contributed by atoms with Crippen molar-refractivity contribution in [2.75, 3.05) is 26.6 Å². The summed E-state index contributed by atoms with van der Waals surface area (Å²) in [6, 6.07) is 7.85. The van der Waals surface area contributed by atoms with E-state index < -0.39 is 0 Å². The van der Waals surface area contributed by atoms with Gasteiger partial charge in [0.25, 0.3) is 0 Å². The topological polar surface area (TPSA) is 39.7 Å². The first-order valence-corrected chi connectivity index (χ1v) is 9.55. The molecule has 0 fully saturated rings. The summed E-state index contributed by atoms with van der Waals surface area (Å²) in [4.78, 5) is 0. The highest BCUT2D eigenvalue weighted by atomic mass is 35.5. The summed E-state index contributed by atoms with van der Waals surface area (Å²) in [7, 11) is 4.86. The van der Waals surface area contributed by atoms with Crippen molar-refractivity contribution < 1.29 is 14.2 Å². The molecule has 27 heavy (non-hydrogen) atoms. The van der Waals surface area contributed by atoms with Gasteiger partial charge in [0.15, 0.2) is 11.5 Å². The number of ether oxygens (including phenoxy) is 3. The minimum Gasteiger partial charge on any atom is -0.493 e. The van der Waals surface area contributed by atoms with Gasteiger partial charge >= 0.3 is 0 Å². The number of nitrogens with one attached hydrogen (secondary N) is 1. The van der Waals surface area contributed by atoms with Gasteiger partial charge in [-0.1, -0.05) is 35.4 Å². The van der Waals surface area contributed by atoms with Crippen LogP contribution in [0.4, 0.5) is 5.69 Å². The van der Waals surface area contributed by atoms with Gasteiger partial charge in [0.2, 0.25) is 5.75 Å². The molecule has 0 radical (unpaired) electrons. The second-order valence-corrected chi connectivity index (χ2v) is 7.63. The van der Waals surface area contributed by atoms with Crippen molar-refractivity contribution in [2.45, 2.75) is 18.4 Å². The molecule has 3 unspecified atom stereocenters. The third-order valence-corrected chi connectivity index (χ3v) is 5.95. The number of methoxy groups -OCH3 is 3. The Morgan fingerprint density at radius 3 is 2.30 bits per heavy atom. The number of allylic oxidation sites excluding steroid dienone is 2. The predicted molar refractivity (Wildman–Crippen MR) is 109 cm³/mol. The first kappa shape index (κ1) is 18.3. The van der Waals surface area contributed by atoms with E-state index in [-0.39, 0.29) is 12.0 Å². The summed E-state index contributed by atoms with van der Waals surface area (Å²) in [6.07, 6.45) is 5.45. The van der Waals surface area contributed by atoms with Gasteiger partial charge in [0, 0.05) is 10.9 Å².